The third-order valence-corrected chi connectivity index (χ3v) is 3.87. The first-order valence-electron chi connectivity index (χ1n) is 6.77. The number of pyridine rings is 1. The van der Waals surface area contributed by atoms with Crippen molar-refractivity contribution in [3.63, 3.8) is 0 Å². The lowest BCUT2D eigenvalue weighted by Crippen LogP contribution is -2.05. The van der Waals surface area contributed by atoms with Gasteiger partial charge in [-0.2, -0.15) is 0 Å². The average molecular weight is 320 g/mol. The summed E-state index contributed by atoms with van der Waals surface area (Å²) in [6.45, 7) is 4.03. The van der Waals surface area contributed by atoms with Crippen LogP contribution in [0.1, 0.15) is 17.1 Å². The Morgan fingerprint density at radius 2 is 1.90 bits per heavy atom. The number of aromatic nitrogens is 3. The minimum atomic E-state index is 0.516. The molecule has 21 heavy (non-hydrogen) atoms. The van der Waals surface area contributed by atoms with Gasteiger partial charge in [0.25, 0.3) is 0 Å². The van der Waals surface area contributed by atoms with Gasteiger partial charge in [-0.3, -0.25) is 4.57 Å². The molecule has 108 valence electrons. The van der Waals surface area contributed by atoms with Crippen LogP contribution in [0.2, 0.25) is 5.02 Å². The third kappa shape index (κ3) is 2.63. The predicted molar refractivity (Wildman–Crippen MR) is 87.8 cm³/mol. The molecule has 0 bridgehead atoms. The van der Waals surface area contributed by atoms with Crippen LogP contribution in [0.15, 0.2) is 30.3 Å². The number of rotatable bonds is 3. The number of nitrogens with zero attached hydrogens (tertiary/aromatic N) is 3. The smallest absolute Gasteiger partial charge is 0.164 e. The number of benzene rings is 1. The zero-order chi connectivity index (χ0) is 15.0. The van der Waals surface area contributed by atoms with E-state index in [1.54, 1.807) is 0 Å². The van der Waals surface area contributed by atoms with Crippen molar-refractivity contribution in [2.45, 2.75) is 20.3 Å². The molecule has 0 spiro atoms. The molecule has 0 fully saturated rings. The van der Waals surface area contributed by atoms with E-state index in [1.165, 1.54) is 0 Å². The van der Waals surface area contributed by atoms with Gasteiger partial charge in [0.05, 0.1) is 5.69 Å². The van der Waals surface area contributed by atoms with Crippen molar-refractivity contribution in [3.05, 3.63) is 52.4 Å². The molecule has 5 heteroatoms. The highest BCUT2D eigenvalue weighted by molar-refractivity contribution is 6.30. The maximum absolute atomic E-state index is 6.17. The summed E-state index contributed by atoms with van der Waals surface area (Å²) in [6.07, 6.45) is 0.683. The highest BCUT2D eigenvalue weighted by Crippen LogP contribution is 2.26. The topological polar surface area (TPSA) is 30.7 Å². The highest BCUT2D eigenvalue weighted by atomic mass is 35.5. The van der Waals surface area contributed by atoms with E-state index in [9.17, 15) is 0 Å². The van der Waals surface area contributed by atoms with Gasteiger partial charge in [0.1, 0.15) is 11.3 Å². The molecule has 0 unspecified atom stereocenters. The number of alkyl halides is 1. The first-order chi connectivity index (χ1) is 10.1. The molecule has 0 aliphatic carbocycles. The minimum Gasteiger partial charge on any atom is -0.280 e. The van der Waals surface area contributed by atoms with Crippen molar-refractivity contribution in [2.24, 2.45) is 0 Å². The van der Waals surface area contributed by atoms with E-state index in [4.69, 9.17) is 23.2 Å². The SMILES string of the molecule is Cc1ccc2nc(CCCl)n(-c3cc(Cl)ccc3C)c2n1. The van der Waals surface area contributed by atoms with Crippen molar-refractivity contribution in [2.75, 3.05) is 5.88 Å². The van der Waals surface area contributed by atoms with Crippen LogP contribution in [0, 0.1) is 13.8 Å². The summed E-state index contributed by atoms with van der Waals surface area (Å²) in [5, 5.41) is 0.696. The van der Waals surface area contributed by atoms with Crippen molar-refractivity contribution in [1.82, 2.24) is 14.5 Å². The van der Waals surface area contributed by atoms with Crippen LogP contribution >= 0.6 is 23.2 Å². The second-order valence-electron chi connectivity index (χ2n) is 5.03. The Morgan fingerprint density at radius 3 is 2.67 bits per heavy atom. The van der Waals surface area contributed by atoms with Gasteiger partial charge < -0.3 is 0 Å². The van der Waals surface area contributed by atoms with Gasteiger partial charge in [0.2, 0.25) is 0 Å². The van der Waals surface area contributed by atoms with Crippen LogP contribution < -0.4 is 0 Å². The Bertz CT molecular complexity index is 809. The number of imidazole rings is 1. The van der Waals surface area contributed by atoms with Crippen LogP contribution in [-0.2, 0) is 6.42 Å². The molecule has 0 saturated heterocycles. The first-order valence-corrected chi connectivity index (χ1v) is 7.69. The summed E-state index contributed by atoms with van der Waals surface area (Å²) in [6, 6.07) is 9.80. The third-order valence-electron chi connectivity index (χ3n) is 3.44. The largest absolute Gasteiger partial charge is 0.280 e. The Morgan fingerprint density at radius 1 is 1.10 bits per heavy atom. The van der Waals surface area contributed by atoms with E-state index in [2.05, 4.69) is 21.5 Å². The molecule has 1 aromatic carbocycles. The fourth-order valence-corrected chi connectivity index (χ4v) is 2.76. The van der Waals surface area contributed by atoms with E-state index in [0.717, 1.165) is 33.9 Å². The number of hydrogen-bond donors (Lipinski definition) is 0. The molecule has 3 nitrogen and oxygen atoms in total. The molecule has 3 aromatic rings. The maximum atomic E-state index is 6.17. The standard InChI is InChI=1S/C16H15Cl2N3/c1-10-3-5-12(18)9-14(10)21-15(7-8-17)20-13-6-4-11(2)19-16(13)21/h3-6,9H,7-8H2,1-2H3. The van der Waals surface area contributed by atoms with E-state index in [1.807, 2.05) is 37.3 Å². The molecular weight excluding hydrogens is 305 g/mol. The van der Waals surface area contributed by atoms with E-state index in [0.29, 0.717) is 17.3 Å². The number of fused-ring (bicyclic) bond motifs is 1. The van der Waals surface area contributed by atoms with Gasteiger partial charge in [-0.25, -0.2) is 9.97 Å². The summed E-state index contributed by atoms with van der Waals surface area (Å²) in [5.41, 5.74) is 4.81. The first kappa shape index (κ1) is 14.4. The van der Waals surface area contributed by atoms with Gasteiger partial charge in [0.15, 0.2) is 5.65 Å². The lowest BCUT2D eigenvalue weighted by Gasteiger charge is -2.11. The van der Waals surface area contributed by atoms with E-state index in [-0.39, 0.29) is 0 Å². The number of hydrogen-bond acceptors (Lipinski definition) is 2. The van der Waals surface area contributed by atoms with Crippen LogP contribution in [0.5, 0.6) is 0 Å². The molecule has 0 aliphatic heterocycles. The minimum absolute atomic E-state index is 0.516. The van der Waals surface area contributed by atoms with Crippen molar-refractivity contribution < 1.29 is 0 Å². The maximum Gasteiger partial charge on any atom is 0.164 e. The Balaban J connectivity index is 2.35. The molecule has 0 amide bonds. The average Bonchev–Trinajstić information content (AvgIpc) is 2.79. The number of halogens is 2. The van der Waals surface area contributed by atoms with E-state index < -0.39 is 0 Å². The monoisotopic (exact) mass is 319 g/mol. The molecule has 0 radical (unpaired) electrons. The molecular formula is C16H15Cl2N3. The molecule has 0 aliphatic rings. The molecule has 0 saturated carbocycles. The lowest BCUT2D eigenvalue weighted by molar-refractivity contribution is 0.898. The summed E-state index contributed by atoms with van der Waals surface area (Å²) in [4.78, 5) is 9.30. The second kappa shape index (κ2) is 5.66. The molecule has 0 atom stereocenters. The van der Waals surface area contributed by atoms with E-state index >= 15 is 0 Å². The zero-order valence-corrected chi connectivity index (χ0v) is 13.4. The Labute approximate surface area is 133 Å². The summed E-state index contributed by atoms with van der Waals surface area (Å²) in [5.74, 6) is 1.42. The summed E-state index contributed by atoms with van der Waals surface area (Å²) in [7, 11) is 0. The molecule has 0 N–H and O–H groups in total. The predicted octanol–water partition coefficient (Wildman–Crippen LogP) is 4.47. The van der Waals surface area contributed by atoms with Crippen LogP contribution in [-0.4, -0.2) is 20.4 Å². The van der Waals surface area contributed by atoms with Crippen LogP contribution in [0.25, 0.3) is 16.9 Å². The molecule has 2 heterocycles. The fraction of sp³-hybridized carbons (Fsp3) is 0.250. The summed E-state index contributed by atoms with van der Waals surface area (Å²) >= 11 is 12.1. The molecule has 2 aromatic heterocycles. The van der Waals surface area contributed by atoms with Gasteiger partial charge >= 0.3 is 0 Å². The van der Waals surface area contributed by atoms with Crippen LogP contribution in [0.3, 0.4) is 0 Å². The normalized spacial score (nSPS) is 11.2. The zero-order valence-electron chi connectivity index (χ0n) is 11.9. The number of aryl methyl sites for hydroxylation is 3. The lowest BCUT2D eigenvalue weighted by atomic mass is 10.2. The van der Waals surface area contributed by atoms with Gasteiger partial charge in [0, 0.05) is 23.0 Å². The van der Waals surface area contributed by atoms with Gasteiger partial charge in [-0.15, -0.1) is 11.6 Å². The van der Waals surface area contributed by atoms with Gasteiger partial charge in [-0.05, 0) is 43.7 Å². The highest BCUT2D eigenvalue weighted by Gasteiger charge is 2.15. The Kier molecular flexibility index (Phi) is 3.87. The van der Waals surface area contributed by atoms with Crippen molar-refractivity contribution in [1.29, 1.82) is 0 Å². The summed E-state index contributed by atoms with van der Waals surface area (Å²) < 4.78 is 2.06. The fourth-order valence-electron chi connectivity index (χ4n) is 2.43. The quantitative estimate of drug-likeness (QED) is 0.667. The Hall–Kier alpha value is -1.58. The van der Waals surface area contributed by atoms with Crippen LogP contribution in [0.4, 0.5) is 0 Å². The van der Waals surface area contributed by atoms with Gasteiger partial charge in [-0.1, -0.05) is 17.7 Å². The van der Waals surface area contributed by atoms with Crippen molar-refractivity contribution in [3.8, 4) is 5.69 Å². The molecule has 3 rings (SSSR count). The van der Waals surface area contributed by atoms with Crippen molar-refractivity contribution >= 4 is 34.4 Å². The second-order valence-corrected chi connectivity index (χ2v) is 5.84.